The molecular formula is C14H25N3O2. The van der Waals surface area contributed by atoms with E-state index in [9.17, 15) is 4.79 Å². The number of aryl methyl sites for hydroxylation is 2. The third kappa shape index (κ3) is 4.67. The molecule has 1 amide bonds. The average molecular weight is 267 g/mol. The Morgan fingerprint density at radius 3 is 2.68 bits per heavy atom. The summed E-state index contributed by atoms with van der Waals surface area (Å²) in [6.07, 6.45) is 1.94. The Hall–Kier alpha value is -1.36. The number of aliphatic hydroxyl groups is 1. The van der Waals surface area contributed by atoms with Gasteiger partial charge in [0.15, 0.2) is 0 Å². The highest BCUT2D eigenvalue weighted by Gasteiger charge is 2.11. The van der Waals surface area contributed by atoms with Gasteiger partial charge in [0.05, 0.1) is 5.69 Å². The molecule has 0 radical (unpaired) electrons. The summed E-state index contributed by atoms with van der Waals surface area (Å²) in [7, 11) is 1.92. The molecule has 1 rings (SSSR count). The smallest absolute Gasteiger partial charge is 0.220 e. The number of carbonyl (C=O) groups excluding carboxylic acids is 1. The van der Waals surface area contributed by atoms with Crippen LogP contribution in [0.3, 0.4) is 0 Å². The summed E-state index contributed by atoms with van der Waals surface area (Å²) in [5.74, 6) is 0.378. The molecule has 1 heterocycles. The van der Waals surface area contributed by atoms with Gasteiger partial charge >= 0.3 is 0 Å². The van der Waals surface area contributed by atoms with Crippen LogP contribution in [0.25, 0.3) is 0 Å². The number of rotatable bonds is 7. The topological polar surface area (TPSA) is 67.2 Å². The van der Waals surface area contributed by atoms with E-state index in [0.29, 0.717) is 18.9 Å². The van der Waals surface area contributed by atoms with Gasteiger partial charge in [0.25, 0.3) is 0 Å². The molecule has 2 N–H and O–H groups in total. The second-order valence-electron chi connectivity index (χ2n) is 5.19. The third-order valence-corrected chi connectivity index (χ3v) is 3.53. The fraction of sp³-hybridized carbons (Fsp3) is 0.714. The van der Waals surface area contributed by atoms with E-state index in [1.54, 1.807) is 0 Å². The third-order valence-electron chi connectivity index (χ3n) is 3.53. The molecule has 1 aromatic rings. The van der Waals surface area contributed by atoms with Crippen molar-refractivity contribution in [1.29, 1.82) is 0 Å². The predicted molar refractivity (Wildman–Crippen MR) is 74.9 cm³/mol. The first-order chi connectivity index (χ1) is 8.95. The van der Waals surface area contributed by atoms with Gasteiger partial charge in [-0.15, -0.1) is 0 Å². The molecule has 108 valence electrons. The summed E-state index contributed by atoms with van der Waals surface area (Å²) < 4.78 is 1.85. The number of hydrogen-bond acceptors (Lipinski definition) is 3. The maximum atomic E-state index is 11.8. The van der Waals surface area contributed by atoms with Crippen molar-refractivity contribution in [3.05, 3.63) is 17.0 Å². The molecule has 0 spiro atoms. The van der Waals surface area contributed by atoms with Gasteiger partial charge in [0, 0.05) is 32.3 Å². The number of aliphatic hydroxyl groups excluding tert-OH is 1. The largest absolute Gasteiger partial charge is 0.396 e. The Labute approximate surface area is 115 Å². The summed E-state index contributed by atoms with van der Waals surface area (Å²) in [5, 5.41) is 16.0. The lowest BCUT2D eigenvalue weighted by Gasteiger charge is -2.11. The number of nitrogens with one attached hydrogen (secondary N) is 1. The van der Waals surface area contributed by atoms with Crippen LogP contribution in [0, 0.1) is 19.8 Å². The summed E-state index contributed by atoms with van der Waals surface area (Å²) in [6, 6.07) is 0. The van der Waals surface area contributed by atoms with E-state index in [4.69, 9.17) is 5.11 Å². The van der Waals surface area contributed by atoms with E-state index in [-0.39, 0.29) is 12.5 Å². The molecule has 1 atom stereocenters. The molecule has 0 saturated heterocycles. The number of hydrogen-bond donors (Lipinski definition) is 2. The average Bonchev–Trinajstić information content (AvgIpc) is 2.59. The molecule has 0 aliphatic rings. The normalized spacial score (nSPS) is 12.5. The van der Waals surface area contributed by atoms with Crippen LogP contribution in [0.4, 0.5) is 0 Å². The molecule has 0 fully saturated rings. The SMILES string of the molecule is Cc1nn(C)c(C)c1CCC(=O)NCC(C)CCO. The van der Waals surface area contributed by atoms with Gasteiger partial charge in [-0.25, -0.2) is 0 Å². The second kappa shape index (κ2) is 7.28. The van der Waals surface area contributed by atoms with Gasteiger partial charge in [-0.1, -0.05) is 6.92 Å². The highest BCUT2D eigenvalue weighted by atomic mass is 16.3. The van der Waals surface area contributed by atoms with Crippen molar-refractivity contribution < 1.29 is 9.90 Å². The maximum Gasteiger partial charge on any atom is 0.220 e. The van der Waals surface area contributed by atoms with E-state index in [0.717, 1.165) is 24.2 Å². The zero-order chi connectivity index (χ0) is 14.4. The van der Waals surface area contributed by atoms with Gasteiger partial charge in [-0.3, -0.25) is 9.48 Å². The van der Waals surface area contributed by atoms with Crippen molar-refractivity contribution in [2.45, 2.75) is 40.0 Å². The fourth-order valence-corrected chi connectivity index (χ4v) is 2.12. The van der Waals surface area contributed by atoms with Gasteiger partial charge in [-0.05, 0) is 38.2 Å². The Morgan fingerprint density at radius 1 is 1.47 bits per heavy atom. The van der Waals surface area contributed by atoms with Crippen LogP contribution in [0.2, 0.25) is 0 Å². The van der Waals surface area contributed by atoms with Gasteiger partial charge in [0.2, 0.25) is 5.91 Å². The first kappa shape index (κ1) is 15.7. The highest BCUT2D eigenvalue weighted by molar-refractivity contribution is 5.76. The molecule has 0 aliphatic heterocycles. The number of nitrogens with zero attached hydrogens (tertiary/aromatic N) is 2. The molecule has 0 bridgehead atoms. The van der Waals surface area contributed by atoms with Gasteiger partial charge < -0.3 is 10.4 Å². The molecule has 5 nitrogen and oxygen atoms in total. The lowest BCUT2D eigenvalue weighted by Crippen LogP contribution is -2.28. The fourth-order valence-electron chi connectivity index (χ4n) is 2.12. The van der Waals surface area contributed by atoms with Crippen LogP contribution < -0.4 is 5.32 Å². The van der Waals surface area contributed by atoms with Crippen LogP contribution in [-0.4, -0.2) is 33.9 Å². The number of carbonyl (C=O) groups is 1. The minimum Gasteiger partial charge on any atom is -0.396 e. The van der Waals surface area contributed by atoms with Crippen molar-refractivity contribution >= 4 is 5.91 Å². The number of amides is 1. The van der Waals surface area contributed by atoms with Crippen LogP contribution in [-0.2, 0) is 18.3 Å². The summed E-state index contributed by atoms with van der Waals surface area (Å²) in [4.78, 5) is 11.8. The monoisotopic (exact) mass is 267 g/mol. The second-order valence-corrected chi connectivity index (χ2v) is 5.19. The van der Waals surface area contributed by atoms with E-state index < -0.39 is 0 Å². The molecule has 1 aromatic heterocycles. The summed E-state index contributed by atoms with van der Waals surface area (Å²) in [5.41, 5.74) is 3.29. The predicted octanol–water partition coefficient (Wildman–Crippen LogP) is 1.10. The molecule has 0 saturated carbocycles. The van der Waals surface area contributed by atoms with E-state index in [1.165, 1.54) is 5.56 Å². The van der Waals surface area contributed by atoms with Gasteiger partial charge in [-0.2, -0.15) is 5.10 Å². The van der Waals surface area contributed by atoms with Crippen molar-refractivity contribution in [3.63, 3.8) is 0 Å². The first-order valence-electron chi connectivity index (χ1n) is 6.82. The minimum atomic E-state index is 0.0624. The van der Waals surface area contributed by atoms with E-state index >= 15 is 0 Å². The molecule has 19 heavy (non-hydrogen) atoms. The quantitative estimate of drug-likeness (QED) is 0.777. The molecule has 5 heteroatoms. The standard InChI is InChI=1S/C14H25N3O2/c1-10(7-8-18)9-15-14(19)6-5-13-11(2)16-17(4)12(13)3/h10,18H,5-9H2,1-4H3,(H,15,19). The van der Waals surface area contributed by atoms with Crippen molar-refractivity contribution in [3.8, 4) is 0 Å². The maximum absolute atomic E-state index is 11.8. The van der Waals surface area contributed by atoms with Crippen LogP contribution in [0.15, 0.2) is 0 Å². The Kier molecular flexibility index (Phi) is 6.02. The van der Waals surface area contributed by atoms with Crippen LogP contribution in [0.1, 0.15) is 36.7 Å². The van der Waals surface area contributed by atoms with Crippen LogP contribution in [0.5, 0.6) is 0 Å². The summed E-state index contributed by atoms with van der Waals surface area (Å²) in [6.45, 7) is 6.82. The van der Waals surface area contributed by atoms with E-state index in [1.807, 2.05) is 32.5 Å². The Balaban J connectivity index is 2.38. The van der Waals surface area contributed by atoms with Gasteiger partial charge in [0.1, 0.15) is 0 Å². The number of aromatic nitrogens is 2. The first-order valence-corrected chi connectivity index (χ1v) is 6.82. The van der Waals surface area contributed by atoms with Crippen molar-refractivity contribution in [2.75, 3.05) is 13.2 Å². The molecule has 0 aliphatic carbocycles. The molecule has 0 aromatic carbocycles. The van der Waals surface area contributed by atoms with Crippen molar-refractivity contribution in [1.82, 2.24) is 15.1 Å². The van der Waals surface area contributed by atoms with E-state index in [2.05, 4.69) is 10.4 Å². The minimum absolute atomic E-state index is 0.0624. The molecule has 1 unspecified atom stereocenters. The lowest BCUT2D eigenvalue weighted by atomic mass is 10.1. The summed E-state index contributed by atoms with van der Waals surface area (Å²) >= 11 is 0. The molecular weight excluding hydrogens is 242 g/mol. The highest BCUT2D eigenvalue weighted by Crippen LogP contribution is 2.13. The Bertz CT molecular complexity index is 427. The lowest BCUT2D eigenvalue weighted by molar-refractivity contribution is -0.121. The Morgan fingerprint density at radius 2 is 2.16 bits per heavy atom. The zero-order valence-electron chi connectivity index (χ0n) is 12.4. The van der Waals surface area contributed by atoms with Crippen LogP contribution >= 0.6 is 0 Å². The van der Waals surface area contributed by atoms with Crippen molar-refractivity contribution in [2.24, 2.45) is 13.0 Å². The zero-order valence-corrected chi connectivity index (χ0v) is 12.4.